The second kappa shape index (κ2) is 11.7. The van der Waals surface area contributed by atoms with Crippen molar-refractivity contribution in [1.82, 2.24) is 19.8 Å². The lowest BCUT2D eigenvalue weighted by Crippen LogP contribution is -2.41. The standard InChI is InChI=1S/C27H32N4O5/c1-35-23-15-21-22(16-24(23)36-2)29-18-31(27(21)34)17-25(32)28-11-8-26(33)30-12-9-20(10-13-30)14-19-6-4-3-5-7-19/h3-7,15-16,18,20H,8-14,17H2,1-2H3,(H,28,32). The molecule has 2 heterocycles. The number of hydrogen-bond donors (Lipinski definition) is 1. The summed E-state index contributed by atoms with van der Waals surface area (Å²) in [5.74, 6) is 1.16. The molecule has 0 bridgehead atoms. The lowest BCUT2D eigenvalue weighted by atomic mass is 9.90. The quantitative estimate of drug-likeness (QED) is 0.492. The van der Waals surface area contributed by atoms with Gasteiger partial charge in [-0.05, 0) is 36.8 Å². The third kappa shape index (κ3) is 6.02. The van der Waals surface area contributed by atoms with Gasteiger partial charge in [0.05, 0.1) is 31.4 Å². The molecule has 0 atom stereocenters. The van der Waals surface area contributed by atoms with Crippen molar-refractivity contribution < 1.29 is 19.1 Å². The van der Waals surface area contributed by atoms with Gasteiger partial charge in [-0.3, -0.25) is 19.0 Å². The molecule has 1 aliphatic rings. The Labute approximate surface area is 210 Å². The summed E-state index contributed by atoms with van der Waals surface area (Å²) in [6, 6.07) is 13.6. The molecule has 1 aromatic heterocycles. The Morgan fingerprint density at radius 1 is 1.06 bits per heavy atom. The minimum absolute atomic E-state index is 0.0408. The zero-order valence-electron chi connectivity index (χ0n) is 20.7. The lowest BCUT2D eigenvalue weighted by molar-refractivity contribution is -0.132. The largest absolute Gasteiger partial charge is 0.493 e. The molecule has 1 aliphatic heterocycles. The molecule has 36 heavy (non-hydrogen) atoms. The first-order chi connectivity index (χ1) is 17.5. The fraction of sp³-hybridized carbons (Fsp3) is 0.407. The van der Waals surface area contributed by atoms with Gasteiger partial charge < -0.3 is 19.7 Å². The summed E-state index contributed by atoms with van der Waals surface area (Å²) in [7, 11) is 2.99. The number of hydrogen-bond acceptors (Lipinski definition) is 6. The highest BCUT2D eigenvalue weighted by Gasteiger charge is 2.23. The molecule has 0 saturated carbocycles. The van der Waals surface area contributed by atoms with E-state index < -0.39 is 0 Å². The summed E-state index contributed by atoms with van der Waals surface area (Å²) >= 11 is 0. The van der Waals surface area contributed by atoms with E-state index in [4.69, 9.17) is 9.47 Å². The average Bonchev–Trinajstić information content (AvgIpc) is 2.90. The molecule has 2 aromatic carbocycles. The molecule has 4 rings (SSSR count). The monoisotopic (exact) mass is 492 g/mol. The second-order valence-electron chi connectivity index (χ2n) is 9.02. The van der Waals surface area contributed by atoms with Crippen molar-refractivity contribution in [3.8, 4) is 11.5 Å². The fourth-order valence-corrected chi connectivity index (χ4v) is 4.61. The van der Waals surface area contributed by atoms with Crippen molar-refractivity contribution in [2.24, 2.45) is 5.92 Å². The molecule has 2 amide bonds. The van der Waals surface area contributed by atoms with Crippen LogP contribution in [0.1, 0.15) is 24.8 Å². The fourth-order valence-electron chi connectivity index (χ4n) is 4.61. The average molecular weight is 493 g/mol. The number of nitrogens with one attached hydrogen (secondary N) is 1. The van der Waals surface area contributed by atoms with E-state index in [0.717, 1.165) is 32.4 Å². The van der Waals surface area contributed by atoms with Gasteiger partial charge in [-0.1, -0.05) is 30.3 Å². The first-order valence-electron chi connectivity index (χ1n) is 12.2. The Bertz CT molecular complexity index is 1270. The number of nitrogens with zero attached hydrogens (tertiary/aromatic N) is 3. The van der Waals surface area contributed by atoms with E-state index in [9.17, 15) is 14.4 Å². The molecule has 0 spiro atoms. The first-order valence-corrected chi connectivity index (χ1v) is 12.2. The number of amides is 2. The van der Waals surface area contributed by atoms with E-state index in [0.29, 0.717) is 28.3 Å². The van der Waals surface area contributed by atoms with Crippen LogP contribution in [-0.2, 0) is 22.6 Å². The zero-order chi connectivity index (χ0) is 25.5. The molecule has 9 nitrogen and oxygen atoms in total. The normalized spacial score (nSPS) is 14.0. The van der Waals surface area contributed by atoms with Crippen LogP contribution < -0.4 is 20.3 Å². The van der Waals surface area contributed by atoms with Crippen molar-refractivity contribution in [2.45, 2.75) is 32.2 Å². The Morgan fingerprint density at radius 3 is 2.44 bits per heavy atom. The van der Waals surface area contributed by atoms with Gasteiger partial charge in [0.25, 0.3) is 5.56 Å². The maximum Gasteiger partial charge on any atom is 0.261 e. The van der Waals surface area contributed by atoms with Crippen LogP contribution in [-0.4, -0.2) is 60.1 Å². The Kier molecular flexibility index (Phi) is 8.20. The minimum Gasteiger partial charge on any atom is -0.493 e. The third-order valence-electron chi connectivity index (χ3n) is 6.64. The van der Waals surface area contributed by atoms with Gasteiger partial charge in [-0.15, -0.1) is 0 Å². The van der Waals surface area contributed by atoms with Crippen LogP contribution >= 0.6 is 0 Å². The molecule has 1 saturated heterocycles. The highest BCUT2D eigenvalue weighted by atomic mass is 16.5. The van der Waals surface area contributed by atoms with Crippen LogP contribution in [0.3, 0.4) is 0 Å². The number of fused-ring (bicyclic) bond motifs is 1. The van der Waals surface area contributed by atoms with E-state index in [-0.39, 0.29) is 36.9 Å². The van der Waals surface area contributed by atoms with Crippen molar-refractivity contribution in [3.05, 3.63) is 64.7 Å². The van der Waals surface area contributed by atoms with Crippen LogP contribution in [0.4, 0.5) is 0 Å². The summed E-state index contributed by atoms with van der Waals surface area (Å²) in [5.41, 5.74) is 1.43. The van der Waals surface area contributed by atoms with E-state index in [1.54, 1.807) is 12.1 Å². The number of ether oxygens (including phenoxy) is 2. The summed E-state index contributed by atoms with van der Waals surface area (Å²) < 4.78 is 11.7. The number of rotatable bonds is 9. The number of likely N-dealkylation sites (tertiary alicyclic amines) is 1. The highest BCUT2D eigenvalue weighted by molar-refractivity contribution is 5.82. The molecule has 0 unspecified atom stereocenters. The number of carbonyl (C=O) groups is 2. The minimum atomic E-state index is -0.356. The van der Waals surface area contributed by atoms with Crippen molar-refractivity contribution in [2.75, 3.05) is 33.9 Å². The topological polar surface area (TPSA) is 103 Å². The molecular weight excluding hydrogens is 460 g/mol. The Hall–Kier alpha value is -3.88. The summed E-state index contributed by atoms with van der Waals surface area (Å²) in [4.78, 5) is 44.0. The molecule has 1 fully saturated rings. The first kappa shape index (κ1) is 25.2. The van der Waals surface area contributed by atoms with Crippen LogP contribution in [0.15, 0.2) is 53.6 Å². The molecule has 3 aromatic rings. The van der Waals surface area contributed by atoms with Gasteiger partial charge in [-0.2, -0.15) is 0 Å². The molecule has 190 valence electrons. The molecule has 1 N–H and O–H groups in total. The lowest BCUT2D eigenvalue weighted by Gasteiger charge is -2.32. The second-order valence-corrected chi connectivity index (χ2v) is 9.02. The predicted molar refractivity (Wildman–Crippen MR) is 136 cm³/mol. The maximum absolute atomic E-state index is 12.8. The third-order valence-corrected chi connectivity index (χ3v) is 6.64. The number of benzene rings is 2. The van der Waals surface area contributed by atoms with Gasteiger partial charge in [0.1, 0.15) is 6.54 Å². The van der Waals surface area contributed by atoms with Crippen LogP contribution in [0.5, 0.6) is 11.5 Å². The molecule has 0 radical (unpaired) electrons. The van der Waals surface area contributed by atoms with Crippen molar-refractivity contribution >= 4 is 22.7 Å². The Balaban J connectivity index is 1.24. The summed E-state index contributed by atoms with van der Waals surface area (Å²) in [6.45, 7) is 1.53. The summed E-state index contributed by atoms with van der Waals surface area (Å²) in [5, 5.41) is 3.07. The molecular formula is C27H32N4O5. The van der Waals surface area contributed by atoms with E-state index in [1.807, 2.05) is 11.0 Å². The van der Waals surface area contributed by atoms with E-state index in [2.05, 4.69) is 34.6 Å². The number of carbonyl (C=O) groups excluding carboxylic acids is 2. The Morgan fingerprint density at radius 2 is 1.75 bits per heavy atom. The van der Waals surface area contributed by atoms with Gasteiger partial charge in [0.15, 0.2) is 11.5 Å². The van der Waals surface area contributed by atoms with E-state index in [1.165, 1.54) is 30.7 Å². The smallest absolute Gasteiger partial charge is 0.261 e. The number of piperidine rings is 1. The van der Waals surface area contributed by atoms with E-state index >= 15 is 0 Å². The van der Waals surface area contributed by atoms with Crippen LogP contribution in [0, 0.1) is 5.92 Å². The highest BCUT2D eigenvalue weighted by Crippen LogP contribution is 2.29. The van der Waals surface area contributed by atoms with Crippen LogP contribution in [0.2, 0.25) is 0 Å². The van der Waals surface area contributed by atoms with Gasteiger partial charge in [-0.25, -0.2) is 4.98 Å². The van der Waals surface area contributed by atoms with Gasteiger partial charge >= 0.3 is 0 Å². The SMILES string of the molecule is COc1cc2ncn(CC(=O)NCCC(=O)N3CCC(Cc4ccccc4)CC3)c(=O)c2cc1OC. The van der Waals surface area contributed by atoms with Gasteiger partial charge in [0.2, 0.25) is 11.8 Å². The predicted octanol–water partition coefficient (Wildman–Crippen LogP) is 2.40. The van der Waals surface area contributed by atoms with Gasteiger partial charge in [0, 0.05) is 32.1 Å². The number of aromatic nitrogens is 2. The van der Waals surface area contributed by atoms with Crippen molar-refractivity contribution in [3.63, 3.8) is 0 Å². The maximum atomic E-state index is 12.8. The number of methoxy groups -OCH3 is 2. The zero-order valence-corrected chi connectivity index (χ0v) is 20.7. The van der Waals surface area contributed by atoms with Crippen molar-refractivity contribution in [1.29, 1.82) is 0 Å². The molecule has 9 heteroatoms. The van der Waals surface area contributed by atoms with Crippen LogP contribution in [0.25, 0.3) is 10.9 Å². The summed E-state index contributed by atoms with van der Waals surface area (Å²) in [6.07, 6.45) is 4.59. The molecule has 0 aliphatic carbocycles.